The van der Waals surface area contributed by atoms with Gasteiger partial charge in [0.05, 0.1) is 0 Å². The highest BCUT2D eigenvalue weighted by Crippen LogP contribution is 2.65. The molecule has 2 bridgehead atoms. The van der Waals surface area contributed by atoms with Crippen molar-refractivity contribution in [2.45, 2.75) is 31.1 Å². The molecule has 5 rings (SSSR count). The summed E-state index contributed by atoms with van der Waals surface area (Å²) >= 11 is 0. The number of para-hydroxylation sites is 1. The van der Waals surface area contributed by atoms with Crippen LogP contribution in [0.5, 0.6) is 0 Å². The number of likely N-dealkylation sites (N-methyl/N-ethyl adjacent to an activating group) is 1. The summed E-state index contributed by atoms with van der Waals surface area (Å²) in [6, 6.07) is 18.0. The fourth-order valence-corrected chi connectivity index (χ4v) is 5.80. The molecule has 2 aromatic carbocycles. The molecule has 0 aromatic heterocycles. The molecule has 0 saturated heterocycles. The fourth-order valence-electron chi connectivity index (χ4n) is 5.80. The van der Waals surface area contributed by atoms with E-state index in [1.54, 1.807) is 18.3 Å². The van der Waals surface area contributed by atoms with Gasteiger partial charge in [0.1, 0.15) is 0 Å². The monoisotopic (exact) mass is 371 g/mol. The molecule has 2 saturated carbocycles. The zero-order valence-electron chi connectivity index (χ0n) is 16.1. The summed E-state index contributed by atoms with van der Waals surface area (Å²) < 4.78 is 0. The van der Waals surface area contributed by atoms with Crippen molar-refractivity contribution in [1.29, 1.82) is 0 Å². The summed E-state index contributed by atoms with van der Waals surface area (Å²) in [7, 11) is 2.15. The maximum absolute atomic E-state index is 12.2. The lowest BCUT2D eigenvalue weighted by atomic mass is 9.67. The number of benzene rings is 2. The molecular weight excluding hydrogens is 346 g/mol. The predicted molar refractivity (Wildman–Crippen MR) is 112 cm³/mol. The molecule has 4 nitrogen and oxygen atoms in total. The maximum Gasteiger partial charge on any atom is 0.271 e. The van der Waals surface area contributed by atoms with Crippen molar-refractivity contribution in [2.24, 2.45) is 16.9 Å². The zero-order valence-corrected chi connectivity index (χ0v) is 16.1. The summed E-state index contributed by atoms with van der Waals surface area (Å²) in [5, 5.41) is 4.20. The number of fused-ring (bicyclic) bond motifs is 5. The van der Waals surface area contributed by atoms with E-state index in [0.717, 1.165) is 5.92 Å². The Kier molecular flexibility index (Phi) is 4.08. The number of hydrogen-bond donors (Lipinski definition) is 1. The Morgan fingerprint density at radius 2 is 1.93 bits per heavy atom. The van der Waals surface area contributed by atoms with Crippen molar-refractivity contribution in [3.63, 3.8) is 0 Å². The maximum atomic E-state index is 12.2. The third-order valence-corrected chi connectivity index (χ3v) is 6.92. The SMILES string of the molecule is CN1/C(=C\C=N\NC(=O)c2ccccc2)C2(CC3CCC2C3)c2ccccc21. The molecule has 1 aliphatic heterocycles. The van der Waals surface area contributed by atoms with Gasteiger partial charge in [0.2, 0.25) is 0 Å². The summed E-state index contributed by atoms with van der Waals surface area (Å²) in [6.45, 7) is 0. The Bertz CT molecular complexity index is 965. The van der Waals surface area contributed by atoms with E-state index in [1.807, 2.05) is 18.2 Å². The molecule has 4 heteroatoms. The van der Waals surface area contributed by atoms with E-state index in [2.05, 4.69) is 52.8 Å². The average molecular weight is 371 g/mol. The largest absolute Gasteiger partial charge is 0.347 e. The second kappa shape index (κ2) is 6.62. The van der Waals surface area contributed by atoms with E-state index in [-0.39, 0.29) is 11.3 Å². The standard InChI is InChI=1S/C24H25N3O/c1-27-21-10-6-5-9-20(21)24(16-17-11-12-19(24)15-17)22(27)13-14-25-26-23(28)18-7-3-2-4-8-18/h2-10,13-14,17,19H,11-12,15-16H2,1H3,(H,26,28)/b22-13-,25-14+. The van der Waals surface area contributed by atoms with Crippen LogP contribution in [0.3, 0.4) is 0 Å². The summed E-state index contributed by atoms with van der Waals surface area (Å²) in [6.07, 6.45) is 9.09. The first-order valence-corrected chi connectivity index (χ1v) is 10.1. The lowest BCUT2D eigenvalue weighted by Gasteiger charge is -2.36. The van der Waals surface area contributed by atoms with Gasteiger partial charge < -0.3 is 4.90 Å². The van der Waals surface area contributed by atoms with Crippen molar-refractivity contribution < 1.29 is 4.79 Å². The van der Waals surface area contributed by atoms with Crippen LogP contribution in [0.15, 0.2) is 71.5 Å². The molecule has 1 amide bonds. The van der Waals surface area contributed by atoms with Crippen LogP contribution in [-0.2, 0) is 5.41 Å². The molecule has 3 atom stereocenters. The molecule has 2 aliphatic carbocycles. The van der Waals surface area contributed by atoms with Crippen molar-refractivity contribution in [3.8, 4) is 0 Å². The normalized spacial score (nSPS) is 29.2. The number of carbonyl (C=O) groups excluding carboxylic acids is 1. The van der Waals surface area contributed by atoms with Crippen LogP contribution in [0.4, 0.5) is 5.69 Å². The topological polar surface area (TPSA) is 44.7 Å². The number of amides is 1. The molecule has 3 unspecified atom stereocenters. The van der Waals surface area contributed by atoms with E-state index in [1.165, 1.54) is 42.6 Å². The fraction of sp³-hybridized carbons (Fsp3) is 0.333. The molecular formula is C24H25N3O. The Hall–Kier alpha value is -2.88. The number of rotatable bonds is 3. The first kappa shape index (κ1) is 17.2. The predicted octanol–water partition coefficient (Wildman–Crippen LogP) is 4.49. The van der Waals surface area contributed by atoms with E-state index in [9.17, 15) is 4.79 Å². The van der Waals surface area contributed by atoms with Crippen molar-refractivity contribution in [3.05, 3.63) is 77.5 Å². The molecule has 28 heavy (non-hydrogen) atoms. The number of carbonyl (C=O) groups is 1. The van der Waals surface area contributed by atoms with Gasteiger partial charge in [-0.05, 0) is 60.9 Å². The van der Waals surface area contributed by atoms with Gasteiger partial charge >= 0.3 is 0 Å². The molecule has 1 N–H and O–H groups in total. The summed E-state index contributed by atoms with van der Waals surface area (Å²) in [4.78, 5) is 14.5. The van der Waals surface area contributed by atoms with Crippen molar-refractivity contribution in [2.75, 3.05) is 11.9 Å². The number of hydrazone groups is 1. The highest BCUT2D eigenvalue weighted by molar-refractivity contribution is 5.94. The average Bonchev–Trinajstić information content (AvgIpc) is 3.41. The van der Waals surface area contributed by atoms with Gasteiger partial charge in [-0.1, -0.05) is 42.8 Å². The summed E-state index contributed by atoms with van der Waals surface area (Å²) in [5.41, 5.74) is 7.46. The first-order valence-electron chi connectivity index (χ1n) is 10.1. The minimum absolute atomic E-state index is 0.115. The lowest BCUT2D eigenvalue weighted by molar-refractivity contribution is 0.0955. The van der Waals surface area contributed by atoms with Crippen LogP contribution >= 0.6 is 0 Å². The number of nitrogens with zero attached hydrogens (tertiary/aromatic N) is 2. The smallest absolute Gasteiger partial charge is 0.271 e. The van der Waals surface area contributed by atoms with Crippen molar-refractivity contribution >= 4 is 17.8 Å². The number of anilines is 1. The lowest BCUT2D eigenvalue weighted by Crippen LogP contribution is -2.35. The van der Waals surface area contributed by atoms with Gasteiger partial charge in [-0.3, -0.25) is 4.79 Å². The minimum Gasteiger partial charge on any atom is -0.347 e. The molecule has 142 valence electrons. The Morgan fingerprint density at radius 1 is 1.14 bits per heavy atom. The van der Waals surface area contributed by atoms with Gasteiger partial charge in [-0.25, -0.2) is 5.43 Å². The Morgan fingerprint density at radius 3 is 2.68 bits per heavy atom. The van der Waals surface area contributed by atoms with Gasteiger partial charge in [-0.2, -0.15) is 5.10 Å². The van der Waals surface area contributed by atoms with Gasteiger partial charge in [0.25, 0.3) is 5.91 Å². The third kappa shape index (κ3) is 2.51. The van der Waals surface area contributed by atoms with E-state index in [0.29, 0.717) is 11.5 Å². The molecule has 0 radical (unpaired) electrons. The Labute approximate surface area is 165 Å². The quantitative estimate of drug-likeness (QED) is 0.638. The number of hydrogen-bond acceptors (Lipinski definition) is 3. The number of nitrogens with one attached hydrogen (secondary N) is 1. The van der Waals surface area contributed by atoms with E-state index >= 15 is 0 Å². The zero-order chi connectivity index (χ0) is 19.1. The van der Waals surface area contributed by atoms with Crippen LogP contribution in [-0.4, -0.2) is 19.2 Å². The first-order chi connectivity index (χ1) is 13.7. The molecule has 2 fully saturated rings. The molecule has 1 spiro atoms. The number of allylic oxidation sites excluding steroid dienone is 2. The van der Waals surface area contributed by atoms with Crippen LogP contribution in [0.2, 0.25) is 0 Å². The Balaban J connectivity index is 1.43. The van der Waals surface area contributed by atoms with Crippen molar-refractivity contribution in [1.82, 2.24) is 5.43 Å². The van der Waals surface area contributed by atoms with E-state index in [4.69, 9.17) is 0 Å². The van der Waals surface area contributed by atoms with E-state index < -0.39 is 0 Å². The van der Waals surface area contributed by atoms with Crippen LogP contribution in [0.1, 0.15) is 41.6 Å². The van der Waals surface area contributed by atoms with Crippen LogP contribution in [0.25, 0.3) is 0 Å². The molecule has 2 aromatic rings. The van der Waals surface area contributed by atoms with Gasteiger partial charge in [0.15, 0.2) is 0 Å². The highest BCUT2D eigenvalue weighted by atomic mass is 16.2. The minimum atomic E-state index is -0.187. The van der Waals surface area contributed by atoms with Gasteiger partial charge in [-0.15, -0.1) is 0 Å². The molecule has 3 aliphatic rings. The van der Waals surface area contributed by atoms with Gasteiger partial charge in [0, 0.05) is 35.6 Å². The second-order valence-corrected chi connectivity index (χ2v) is 8.26. The highest BCUT2D eigenvalue weighted by Gasteiger charge is 2.58. The second-order valence-electron chi connectivity index (χ2n) is 8.26. The molecule has 1 heterocycles. The van der Waals surface area contributed by atoms with Crippen LogP contribution < -0.4 is 10.3 Å². The third-order valence-electron chi connectivity index (χ3n) is 6.92. The van der Waals surface area contributed by atoms with Crippen LogP contribution in [0, 0.1) is 11.8 Å². The summed E-state index contributed by atoms with van der Waals surface area (Å²) in [5.74, 6) is 1.36.